The molecule has 84 valence electrons. The van der Waals surface area contributed by atoms with Crippen LogP contribution in [0.15, 0.2) is 15.4 Å². The molecule has 8 heteroatoms. The van der Waals surface area contributed by atoms with Crippen molar-refractivity contribution in [3.63, 3.8) is 0 Å². The number of carbonyl (C=O) groups is 1. The minimum atomic E-state index is -0.857. The summed E-state index contributed by atoms with van der Waals surface area (Å²) in [6, 6.07) is 0. The van der Waals surface area contributed by atoms with Gasteiger partial charge >= 0.3 is 5.97 Å². The van der Waals surface area contributed by atoms with E-state index in [4.69, 9.17) is 9.63 Å². The van der Waals surface area contributed by atoms with Crippen molar-refractivity contribution in [3.05, 3.63) is 16.8 Å². The topological polar surface area (TPSA) is 89.1 Å². The zero-order valence-corrected chi connectivity index (χ0v) is 9.62. The molecule has 0 spiro atoms. The van der Waals surface area contributed by atoms with Gasteiger partial charge in [-0.1, -0.05) is 5.16 Å². The number of carboxylic acids is 1. The molecule has 0 aliphatic heterocycles. The summed E-state index contributed by atoms with van der Waals surface area (Å²) in [7, 11) is 0. The van der Waals surface area contributed by atoms with Crippen molar-refractivity contribution in [2.45, 2.75) is 5.75 Å². The van der Waals surface area contributed by atoms with Crippen LogP contribution in [0.1, 0.15) is 5.89 Å². The highest BCUT2D eigenvalue weighted by Gasteiger charge is 2.10. The van der Waals surface area contributed by atoms with E-state index in [9.17, 15) is 4.79 Å². The van der Waals surface area contributed by atoms with E-state index in [2.05, 4.69) is 15.1 Å². The molecular formula is C8H7N3O3S2. The lowest BCUT2D eigenvalue weighted by Crippen LogP contribution is -1.98. The number of thiazole rings is 1. The molecule has 1 N–H and O–H groups in total. The summed E-state index contributed by atoms with van der Waals surface area (Å²) in [5.74, 6) is 0.406. The van der Waals surface area contributed by atoms with Gasteiger partial charge in [0.05, 0.1) is 17.0 Å². The van der Waals surface area contributed by atoms with E-state index in [0.717, 1.165) is 0 Å². The number of carboxylic acid groups (broad SMARTS) is 1. The lowest BCUT2D eigenvalue weighted by Gasteiger charge is -1.90. The van der Waals surface area contributed by atoms with Crippen LogP contribution in [0.3, 0.4) is 0 Å². The maximum atomic E-state index is 10.3. The van der Waals surface area contributed by atoms with Gasteiger partial charge in [-0.2, -0.15) is 4.98 Å². The second kappa shape index (κ2) is 5.08. The van der Waals surface area contributed by atoms with Crippen LogP contribution in [0.5, 0.6) is 0 Å². The maximum Gasteiger partial charge on any atom is 0.313 e. The molecular weight excluding hydrogens is 250 g/mol. The Morgan fingerprint density at radius 1 is 1.62 bits per heavy atom. The van der Waals surface area contributed by atoms with Gasteiger partial charge in [0.15, 0.2) is 0 Å². The molecule has 0 unspecified atom stereocenters. The molecule has 2 rings (SSSR count). The number of nitrogens with zero attached hydrogens (tertiary/aromatic N) is 3. The van der Waals surface area contributed by atoms with Crippen molar-refractivity contribution in [1.29, 1.82) is 0 Å². The molecule has 0 amide bonds. The van der Waals surface area contributed by atoms with Gasteiger partial charge in [-0.3, -0.25) is 4.79 Å². The minimum absolute atomic E-state index is 0.0222. The second-order valence-electron chi connectivity index (χ2n) is 2.77. The van der Waals surface area contributed by atoms with Gasteiger partial charge < -0.3 is 9.63 Å². The van der Waals surface area contributed by atoms with Crippen molar-refractivity contribution >= 4 is 29.1 Å². The van der Waals surface area contributed by atoms with Crippen molar-refractivity contribution in [3.8, 4) is 11.5 Å². The van der Waals surface area contributed by atoms with E-state index in [-0.39, 0.29) is 5.75 Å². The van der Waals surface area contributed by atoms with Gasteiger partial charge in [0.1, 0.15) is 5.69 Å². The molecule has 16 heavy (non-hydrogen) atoms. The van der Waals surface area contributed by atoms with Gasteiger partial charge in [-0.15, -0.1) is 23.1 Å². The summed E-state index contributed by atoms with van der Waals surface area (Å²) in [5.41, 5.74) is 2.35. The van der Waals surface area contributed by atoms with Crippen LogP contribution < -0.4 is 0 Å². The lowest BCUT2D eigenvalue weighted by atomic mass is 10.5. The monoisotopic (exact) mass is 257 g/mol. The fourth-order valence-corrected chi connectivity index (χ4v) is 2.07. The first kappa shape index (κ1) is 11.1. The Hall–Kier alpha value is -1.41. The van der Waals surface area contributed by atoms with Gasteiger partial charge in [-0.25, -0.2) is 4.98 Å². The Labute approximate surface area is 98.7 Å². The molecule has 2 aromatic heterocycles. The number of rotatable bonds is 5. The van der Waals surface area contributed by atoms with E-state index in [1.54, 1.807) is 5.51 Å². The quantitative estimate of drug-likeness (QED) is 0.868. The van der Waals surface area contributed by atoms with Crippen LogP contribution in [0.4, 0.5) is 0 Å². The molecule has 0 bridgehead atoms. The third kappa shape index (κ3) is 2.80. The summed E-state index contributed by atoms with van der Waals surface area (Å²) < 4.78 is 4.96. The zero-order chi connectivity index (χ0) is 11.4. The average molecular weight is 257 g/mol. The first-order valence-electron chi connectivity index (χ1n) is 4.26. The van der Waals surface area contributed by atoms with Gasteiger partial charge in [0.2, 0.25) is 11.7 Å². The minimum Gasteiger partial charge on any atom is -0.481 e. The van der Waals surface area contributed by atoms with E-state index in [1.165, 1.54) is 23.1 Å². The van der Waals surface area contributed by atoms with Gasteiger partial charge in [0.25, 0.3) is 0 Å². The van der Waals surface area contributed by atoms with E-state index in [0.29, 0.717) is 23.2 Å². The number of hydrogen-bond donors (Lipinski definition) is 1. The summed E-state index contributed by atoms with van der Waals surface area (Å²) in [6.07, 6.45) is 0. The predicted octanol–water partition coefficient (Wildman–Crippen LogP) is 1.51. The van der Waals surface area contributed by atoms with Crippen LogP contribution in [0.25, 0.3) is 11.5 Å². The number of aliphatic carboxylic acids is 1. The van der Waals surface area contributed by atoms with Crippen molar-refractivity contribution in [2.75, 3.05) is 5.75 Å². The van der Waals surface area contributed by atoms with Crippen LogP contribution in [0, 0.1) is 0 Å². The Morgan fingerprint density at radius 3 is 3.19 bits per heavy atom. The molecule has 0 aliphatic carbocycles. The summed E-state index contributed by atoms with van der Waals surface area (Å²) in [5, 5.41) is 14.0. The third-order valence-corrected chi connectivity index (χ3v) is 3.07. The Morgan fingerprint density at radius 2 is 2.50 bits per heavy atom. The molecule has 0 saturated carbocycles. The normalized spacial score (nSPS) is 10.5. The van der Waals surface area contributed by atoms with E-state index < -0.39 is 5.97 Å². The molecule has 0 saturated heterocycles. The van der Waals surface area contributed by atoms with Crippen molar-refractivity contribution in [2.24, 2.45) is 0 Å². The second-order valence-corrected chi connectivity index (χ2v) is 4.48. The molecule has 0 radical (unpaired) electrons. The lowest BCUT2D eigenvalue weighted by molar-refractivity contribution is -0.133. The van der Waals surface area contributed by atoms with Crippen LogP contribution in [-0.4, -0.2) is 32.0 Å². The largest absolute Gasteiger partial charge is 0.481 e. The highest BCUT2D eigenvalue weighted by molar-refractivity contribution is 7.99. The molecule has 2 heterocycles. The van der Waals surface area contributed by atoms with Crippen molar-refractivity contribution < 1.29 is 14.4 Å². The van der Waals surface area contributed by atoms with E-state index >= 15 is 0 Å². The summed E-state index contributed by atoms with van der Waals surface area (Å²) in [4.78, 5) is 18.4. The SMILES string of the molecule is O=C(O)CSCc1nc(-c2cscn2)no1. The average Bonchev–Trinajstić information content (AvgIpc) is 2.85. The smallest absolute Gasteiger partial charge is 0.313 e. The first-order valence-corrected chi connectivity index (χ1v) is 6.36. The predicted molar refractivity (Wildman–Crippen MR) is 59.2 cm³/mol. The fraction of sp³-hybridized carbons (Fsp3) is 0.250. The first-order chi connectivity index (χ1) is 7.75. The van der Waals surface area contributed by atoms with Crippen molar-refractivity contribution in [1.82, 2.24) is 15.1 Å². The Kier molecular flexibility index (Phi) is 3.52. The summed E-state index contributed by atoms with van der Waals surface area (Å²) in [6.45, 7) is 0. The molecule has 0 fully saturated rings. The van der Waals surface area contributed by atoms with Crippen LogP contribution >= 0.6 is 23.1 Å². The van der Waals surface area contributed by atoms with Gasteiger partial charge in [0, 0.05) is 5.38 Å². The fourth-order valence-electron chi connectivity index (χ4n) is 0.966. The molecule has 0 atom stereocenters. The number of thioether (sulfide) groups is 1. The molecule has 2 aromatic rings. The summed E-state index contributed by atoms with van der Waals surface area (Å²) >= 11 is 2.66. The highest BCUT2D eigenvalue weighted by atomic mass is 32.2. The van der Waals surface area contributed by atoms with Crippen LogP contribution in [-0.2, 0) is 10.5 Å². The van der Waals surface area contributed by atoms with E-state index in [1.807, 2.05) is 5.38 Å². The molecule has 6 nitrogen and oxygen atoms in total. The highest BCUT2D eigenvalue weighted by Crippen LogP contribution is 2.17. The maximum absolute atomic E-state index is 10.3. The van der Waals surface area contributed by atoms with Gasteiger partial charge in [-0.05, 0) is 0 Å². The number of hydrogen-bond acceptors (Lipinski definition) is 7. The number of aromatic nitrogens is 3. The molecule has 0 aliphatic rings. The Bertz CT molecular complexity index is 469. The standard InChI is InChI=1S/C8H7N3O3S2/c12-7(13)3-15-2-6-10-8(11-14-6)5-1-16-4-9-5/h1,4H,2-3H2,(H,12,13). The third-order valence-electron chi connectivity index (χ3n) is 1.58. The Balaban J connectivity index is 1.95. The molecule has 0 aromatic carbocycles. The zero-order valence-electron chi connectivity index (χ0n) is 7.99. The van der Waals surface area contributed by atoms with Crippen LogP contribution in [0.2, 0.25) is 0 Å².